The first-order valence-corrected chi connectivity index (χ1v) is 3.84. The summed E-state index contributed by atoms with van der Waals surface area (Å²) in [6, 6.07) is 0. The molecule has 1 atom stereocenters. The minimum atomic E-state index is -0.781. The summed E-state index contributed by atoms with van der Waals surface area (Å²) in [7, 11) is 0. The molecule has 4 heteroatoms. The van der Waals surface area contributed by atoms with Crippen LogP contribution in [0.25, 0.3) is 0 Å². The van der Waals surface area contributed by atoms with Crippen LogP contribution in [0, 0.1) is 9.85 Å². The minimum absolute atomic E-state index is 0.141. The molecule has 0 spiro atoms. The molecule has 0 heterocycles. The largest absolute Gasteiger partial charge is 0.394 e. The average Bonchev–Trinajstić information content (AvgIpc) is 1.98. The second-order valence-electron chi connectivity index (χ2n) is 1.62. The fourth-order valence-electron chi connectivity index (χ4n) is 0.326. The normalized spacial score (nSPS) is 11.9. The van der Waals surface area contributed by atoms with Crippen LogP contribution >= 0.6 is 22.6 Å². The molecular weight excluding hydrogens is 247 g/mol. The molecule has 0 amide bonds. The van der Waals surface area contributed by atoms with E-state index < -0.39 is 6.10 Å². The van der Waals surface area contributed by atoms with Gasteiger partial charge in [-0.1, -0.05) is 5.92 Å². The van der Waals surface area contributed by atoms with Crippen LogP contribution < -0.4 is 0 Å². The van der Waals surface area contributed by atoms with E-state index in [2.05, 4.69) is 9.85 Å². The van der Waals surface area contributed by atoms with Crippen LogP contribution in [0.15, 0.2) is 0 Å². The number of rotatable bonds is 4. The SMILES string of the molecule is OCC(O)COCC#CI. The molecule has 1 unspecified atom stereocenters. The Balaban J connectivity index is 3.08. The van der Waals surface area contributed by atoms with E-state index in [1.807, 2.05) is 22.6 Å². The molecule has 0 radical (unpaired) electrons. The van der Waals surface area contributed by atoms with Crippen molar-refractivity contribution in [3.8, 4) is 9.85 Å². The zero-order valence-electron chi connectivity index (χ0n) is 5.38. The Labute approximate surface area is 73.5 Å². The predicted molar refractivity (Wildman–Crippen MR) is 45.7 cm³/mol. The zero-order chi connectivity index (χ0) is 7.82. The van der Waals surface area contributed by atoms with Gasteiger partial charge < -0.3 is 14.9 Å². The smallest absolute Gasteiger partial charge is 0.108 e. The van der Waals surface area contributed by atoms with Crippen molar-refractivity contribution in [2.75, 3.05) is 19.8 Å². The van der Waals surface area contributed by atoms with E-state index in [1.54, 1.807) is 0 Å². The molecule has 0 fully saturated rings. The Kier molecular flexibility index (Phi) is 7.40. The summed E-state index contributed by atoms with van der Waals surface area (Å²) < 4.78 is 7.45. The molecule has 58 valence electrons. The molecule has 0 aliphatic rings. The second-order valence-corrected chi connectivity index (χ2v) is 2.16. The molecule has 0 saturated carbocycles. The number of aliphatic hydroxyl groups excluding tert-OH is 2. The summed E-state index contributed by atoms with van der Waals surface area (Å²) in [4.78, 5) is 0. The van der Waals surface area contributed by atoms with Gasteiger partial charge >= 0.3 is 0 Å². The first kappa shape index (κ1) is 10.2. The van der Waals surface area contributed by atoms with Gasteiger partial charge in [0.05, 0.1) is 13.2 Å². The van der Waals surface area contributed by atoms with Crippen molar-refractivity contribution in [2.24, 2.45) is 0 Å². The van der Waals surface area contributed by atoms with E-state index in [4.69, 9.17) is 14.9 Å². The maximum absolute atomic E-state index is 8.73. The summed E-state index contributed by atoms with van der Waals surface area (Å²) in [6.45, 7) is 0.180. The number of hydrogen-bond acceptors (Lipinski definition) is 3. The van der Waals surface area contributed by atoms with Crippen LogP contribution in [0.5, 0.6) is 0 Å². The van der Waals surface area contributed by atoms with E-state index in [1.165, 1.54) is 0 Å². The van der Waals surface area contributed by atoms with E-state index in [9.17, 15) is 0 Å². The van der Waals surface area contributed by atoms with Gasteiger partial charge in [-0.2, -0.15) is 0 Å². The second kappa shape index (κ2) is 7.28. The molecule has 0 saturated heterocycles. The lowest BCUT2D eigenvalue weighted by Crippen LogP contribution is -2.19. The van der Waals surface area contributed by atoms with Gasteiger partial charge in [-0.15, -0.1) is 0 Å². The van der Waals surface area contributed by atoms with Crippen LogP contribution in [0.3, 0.4) is 0 Å². The lowest BCUT2D eigenvalue weighted by molar-refractivity contribution is 0.0164. The maximum atomic E-state index is 8.73. The van der Waals surface area contributed by atoms with Gasteiger partial charge in [0, 0.05) is 22.6 Å². The molecule has 3 nitrogen and oxygen atoms in total. The van der Waals surface area contributed by atoms with Gasteiger partial charge in [-0.05, 0) is 3.93 Å². The van der Waals surface area contributed by atoms with Crippen molar-refractivity contribution in [1.82, 2.24) is 0 Å². The molecule has 10 heavy (non-hydrogen) atoms. The highest BCUT2D eigenvalue weighted by atomic mass is 127. The Morgan fingerprint density at radius 1 is 1.60 bits per heavy atom. The third-order valence-corrected chi connectivity index (χ3v) is 1.14. The standard InChI is InChI=1S/C6H9IO3/c7-2-1-3-10-5-6(9)4-8/h6,8-9H,3-5H2. The van der Waals surface area contributed by atoms with E-state index >= 15 is 0 Å². The highest BCUT2D eigenvalue weighted by molar-refractivity contribution is 14.1. The molecule has 0 aliphatic carbocycles. The van der Waals surface area contributed by atoms with Gasteiger partial charge in [0.15, 0.2) is 0 Å². The highest BCUT2D eigenvalue weighted by Gasteiger charge is 1.98. The Morgan fingerprint density at radius 2 is 2.30 bits per heavy atom. The van der Waals surface area contributed by atoms with E-state index in [0.717, 1.165) is 0 Å². The molecule has 0 aromatic heterocycles. The molecule has 0 aromatic rings. The molecule has 2 N–H and O–H groups in total. The summed E-state index contributed by atoms with van der Waals surface area (Å²) in [5.74, 6) is 2.65. The van der Waals surface area contributed by atoms with Crippen LogP contribution in [-0.4, -0.2) is 36.1 Å². The highest BCUT2D eigenvalue weighted by Crippen LogP contribution is 1.82. The van der Waals surface area contributed by atoms with Crippen LogP contribution in [0.1, 0.15) is 0 Å². The van der Waals surface area contributed by atoms with Gasteiger partial charge in [0.1, 0.15) is 12.7 Å². The first-order valence-electron chi connectivity index (χ1n) is 2.76. The monoisotopic (exact) mass is 256 g/mol. The van der Waals surface area contributed by atoms with Gasteiger partial charge in [-0.3, -0.25) is 0 Å². The lowest BCUT2D eigenvalue weighted by Gasteiger charge is -2.04. The van der Waals surface area contributed by atoms with Gasteiger partial charge in [0.2, 0.25) is 0 Å². The third kappa shape index (κ3) is 6.29. The maximum Gasteiger partial charge on any atom is 0.108 e. The van der Waals surface area contributed by atoms with Crippen molar-refractivity contribution in [3.63, 3.8) is 0 Å². The summed E-state index contributed by atoms with van der Waals surface area (Å²) in [5.41, 5.74) is 0. The predicted octanol–water partition coefficient (Wildman–Crippen LogP) is -0.248. The summed E-state index contributed by atoms with van der Waals surface area (Å²) in [6.07, 6.45) is -0.781. The van der Waals surface area contributed by atoms with Crippen LogP contribution in [0.2, 0.25) is 0 Å². The topological polar surface area (TPSA) is 49.7 Å². The van der Waals surface area contributed by atoms with E-state index in [0.29, 0.717) is 6.61 Å². The number of hydrogen-bond donors (Lipinski definition) is 2. The van der Waals surface area contributed by atoms with Crippen molar-refractivity contribution < 1.29 is 14.9 Å². The van der Waals surface area contributed by atoms with Crippen molar-refractivity contribution in [3.05, 3.63) is 0 Å². The van der Waals surface area contributed by atoms with Crippen molar-refractivity contribution in [2.45, 2.75) is 6.10 Å². The Morgan fingerprint density at radius 3 is 2.80 bits per heavy atom. The molecule has 0 bridgehead atoms. The molecule has 0 aliphatic heterocycles. The lowest BCUT2D eigenvalue weighted by atomic mass is 10.4. The number of aliphatic hydroxyl groups is 2. The Hall–Kier alpha value is 0.170. The fourth-order valence-corrected chi connectivity index (χ4v) is 0.482. The summed E-state index contributed by atoms with van der Waals surface area (Å²) in [5, 5.41) is 17.1. The average molecular weight is 256 g/mol. The van der Waals surface area contributed by atoms with Crippen LogP contribution in [-0.2, 0) is 4.74 Å². The minimum Gasteiger partial charge on any atom is -0.394 e. The van der Waals surface area contributed by atoms with Gasteiger partial charge in [-0.25, -0.2) is 0 Å². The fraction of sp³-hybridized carbons (Fsp3) is 0.667. The van der Waals surface area contributed by atoms with E-state index in [-0.39, 0.29) is 13.2 Å². The van der Waals surface area contributed by atoms with Crippen molar-refractivity contribution in [1.29, 1.82) is 0 Å². The van der Waals surface area contributed by atoms with Crippen molar-refractivity contribution >= 4 is 22.6 Å². The molecule has 0 rings (SSSR count). The molecular formula is C6H9IO3. The first-order chi connectivity index (χ1) is 4.81. The molecule has 0 aromatic carbocycles. The number of halogens is 1. The number of ether oxygens (including phenoxy) is 1. The van der Waals surface area contributed by atoms with Gasteiger partial charge in [0.25, 0.3) is 0 Å². The summed E-state index contributed by atoms with van der Waals surface area (Å²) >= 11 is 1.90. The van der Waals surface area contributed by atoms with Crippen LogP contribution in [0.4, 0.5) is 0 Å². The third-order valence-electron chi connectivity index (χ3n) is 0.762. The quantitative estimate of drug-likeness (QED) is 0.414. The Bertz CT molecular complexity index is 127. The zero-order valence-corrected chi connectivity index (χ0v) is 7.54.